The summed E-state index contributed by atoms with van der Waals surface area (Å²) in [6.45, 7) is 2.61. The number of nitrogens with one attached hydrogen (secondary N) is 1. The van der Waals surface area contributed by atoms with Gasteiger partial charge < -0.3 is 9.47 Å². The first-order valence-electron chi connectivity index (χ1n) is 7.08. The van der Waals surface area contributed by atoms with E-state index >= 15 is 0 Å². The molecule has 1 saturated heterocycles. The molecular weight excluding hydrogens is 321 g/mol. The summed E-state index contributed by atoms with van der Waals surface area (Å²) >= 11 is 0. The SMILES string of the molecule is Cc1cc(S(=O)(=O)Nc2ccc(C3OCCO3)cc2)ccc1F. The van der Waals surface area contributed by atoms with Crippen LogP contribution in [0.15, 0.2) is 47.4 Å². The van der Waals surface area contributed by atoms with E-state index in [4.69, 9.17) is 9.47 Å². The zero-order valence-electron chi connectivity index (χ0n) is 12.5. The third-order valence-electron chi connectivity index (χ3n) is 3.50. The van der Waals surface area contributed by atoms with E-state index in [2.05, 4.69) is 4.72 Å². The summed E-state index contributed by atoms with van der Waals surface area (Å²) in [6, 6.07) is 10.4. The van der Waals surface area contributed by atoms with Crippen LogP contribution < -0.4 is 4.72 Å². The number of sulfonamides is 1. The van der Waals surface area contributed by atoms with Crippen molar-refractivity contribution < 1.29 is 22.3 Å². The highest BCUT2D eigenvalue weighted by Gasteiger charge is 2.19. The molecule has 0 aliphatic carbocycles. The van der Waals surface area contributed by atoms with Gasteiger partial charge in [-0.25, -0.2) is 12.8 Å². The molecule has 1 fully saturated rings. The van der Waals surface area contributed by atoms with E-state index in [0.717, 1.165) is 11.6 Å². The summed E-state index contributed by atoms with van der Waals surface area (Å²) < 4.78 is 51.1. The van der Waals surface area contributed by atoms with Gasteiger partial charge in [-0.15, -0.1) is 0 Å². The van der Waals surface area contributed by atoms with Crippen molar-refractivity contribution in [2.75, 3.05) is 17.9 Å². The minimum atomic E-state index is -3.76. The Bertz CT molecular complexity index is 799. The average molecular weight is 337 g/mol. The third-order valence-corrected chi connectivity index (χ3v) is 4.88. The van der Waals surface area contributed by atoms with Crippen molar-refractivity contribution >= 4 is 15.7 Å². The Balaban J connectivity index is 1.78. The van der Waals surface area contributed by atoms with Crippen LogP contribution in [-0.2, 0) is 19.5 Å². The van der Waals surface area contributed by atoms with Gasteiger partial charge in [-0.05, 0) is 42.8 Å². The topological polar surface area (TPSA) is 64.6 Å². The first kappa shape index (κ1) is 15.9. The van der Waals surface area contributed by atoms with Crippen LogP contribution in [0.4, 0.5) is 10.1 Å². The Kier molecular flexibility index (Phi) is 4.34. The van der Waals surface area contributed by atoms with Gasteiger partial charge in [0.25, 0.3) is 10.0 Å². The summed E-state index contributed by atoms with van der Waals surface area (Å²) in [5.74, 6) is -0.440. The lowest BCUT2D eigenvalue weighted by molar-refractivity contribution is -0.0441. The molecule has 5 nitrogen and oxygen atoms in total. The fourth-order valence-corrected chi connectivity index (χ4v) is 3.40. The number of halogens is 1. The second-order valence-corrected chi connectivity index (χ2v) is 6.89. The standard InChI is InChI=1S/C16H16FNO4S/c1-11-10-14(6-7-15(11)17)23(19,20)18-13-4-2-12(3-5-13)16-21-8-9-22-16/h2-7,10,16,18H,8-9H2,1H3. The molecule has 23 heavy (non-hydrogen) atoms. The molecule has 2 aromatic rings. The summed E-state index contributed by atoms with van der Waals surface area (Å²) in [4.78, 5) is 0.0166. The lowest BCUT2D eigenvalue weighted by Gasteiger charge is -2.12. The minimum Gasteiger partial charge on any atom is -0.346 e. The van der Waals surface area contributed by atoms with Crippen LogP contribution in [0.2, 0.25) is 0 Å². The van der Waals surface area contributed by atoms with E-state index < -0.39 is 22.1 Å². The quantitative estimate of drug-likeness (QED) is 0.931. The summed E-state index contributed by atoms with van der Waals surface area (Å²) in [5.41, 5.74) is 1.51. The van der Waals surface area contributed by atoms with Gasteiger partial charge in [-0.3, -0.25) is 4.72 Å². The molecule has 1 aliphatic rings. The maximum Gasteiger partial charge on any atom is 0.261 e. The normalized spacial score (nSPS) is 15.7. The first-order chi connectivity index (χ1) is 11.0. The van der Waals surface area contributed by atoms with E-state index in [1.54, 1.807) is 24.3 Å². The average Bonchev–Trinajstić information content (AvgIpc) is 3.04. The van der Waals surface area contributed by atoms with Crippen molar-refractivity contribution in [3.63, 3.8) is 0 Å². The molecule has 122 valence electrons. The first-order valence-corrected chi connectivity index (χ1v) is 8.56. The van der Waals surface area contributed by atoms with Crippen molar-refractivity contribution in [3.8, 4) is 0 Å². The van der Waals surface area contributed by atoms with Crippen LogP contribution in [0.3, 0.4) is 0 Å². The third kappa shape index (κ3) is 3.52. The number of hydrogen-bond donors (Lipinski definition) is 1. The Morgan fingerprint density at radius 1 is 1.09 bits per heavy atom. The Labute approximate surface area is 134 Å². The van der Waals surface area contributed by atoms with E-state index in [1.807, 2.05) is 0 Å². The van der Waals surface area contributed by atoms with Gasteiger partial charge in [0.1, 0.15) is 5.82 Å². The molecule has 1 heterocycles. The van der Waals surface area contributed by atoms with Crippen molar-refractivity contribution in [2.24, 2.45) is 0 Å². The molecule has 0 amide bonds. The number of aryl methyl sites for hydroxylation is 1. The predicted molar refractivity (Wildman–Crippen MR) is 83.0 cm³/mol. The maximum absolute atomic E-state index is 13.3. The molecule has 3 rings (SSSR count). The lowest BCUT2D eigenvalue weighted by Crippen LogP contribution is -2.13. The fraction of sp³-hybridized carbons (Fsp3) is 0.250. The van der Waals surface area contributed by atoms with Gasteiger partial charge >= 0.3 is 0 Å². The van der Waals surface area contributed by atoms with Crippen molar-refractivity contribution in [3.05, 3.63) is 59.4 Å². The molecule has 7 heteroatoms. The highest BCUT2D eigenvalue weighted by molar-refractivity contribution is 7.92. The highest BCUT2D eigenvalue weighted by Crippen LogP contribution is 2.25. The molecule has 0 bridgehead atoms. The Morgan fingerprint density at radius 2 is 1.74 bits per heavy atom. The molecule has 1 aliphatic heterocycles. The summed E-state index contributed by atoms with van der Waals surface area (Å²) in [5, 5.41) is 0. The zero-order valence-corrected chi connectivity index (χ0v) is 13.3. The molecule has 0 atom stereocenters. The predicted octanol–water partition coefficient (Wildman–Crippen LogP) is 2.98. The van der Waals surface area contributed by atoms with Gasteiger partial charge in [0.2, 0.25) is 0 Å². The monoisotopic (exact) mass is 337 g/mol. The van der Waals surface area contributed by atoms with E-state index in [1.165, 1.54) is 19.1 Å². The largest absolute Gasteiger partial charge is 0.346 e. The van der Waals surface area contributed by atoms with Crippen LogP contribution in [0, 0.1) is 12.7 Å². The van der Waals surface area contributed by atoms with Crippen LogP contribution in [-0.4, -0.2) is 21.6 Å². The number of anilines is 1. The Hall–Kier alpha value is -1.96. The van der Waals surface area contributed by atoms with Gasteiger partial charge in [0.15, 0.2) is 6.29 Å². The zero-order chi connectivity index (χ0) is 16.4. The van der Waals surface area contributed by atoms with Crippen molar-refractivity contribution in [2.45, 2.75) is 18.1 Å². The molecule has 0 radical (unpaired) electrons. The lowest BCUT2D eigenvalue weighted by atomic mass is 10.2. The fourth-order valence-electron chi connectivity index (χ4n) is 2.26. The molecule has 0 spiro atoms. The number of rotatable bonds is 4. The van der Waals surface area contributed by atoms with Gasteiger partial charge in [-0.1, -0.05) is 12.1 Å². The maximum atomic E-state index is 13.3. The summed E-state index contributed by atoms with van der Waals surface area (Å²) in [7, 11) is -3.76. The van der Waals surface area contributed by atoms with Gasteiger partial charge in [-0.2, -0.15) is 0 Å². The Morgan fingerprint density at radius 3 is 2.35 bits per heavy atom. The smallest absolute Gasteiger partial charge is 0.261 e. The van der Waals surface area contributed by atoms with Gasteiger partial charge in [0, 0.05) is 11.3 Å². The molecule has 0 saturated carbocycles. The minimum absolute atomic E-state index is 0.0166. The second kappa shape index (κ2) is 6.27. The number of hydrogen-bond acceptors (Lipinski definition) is 4. The molecule has 1 N–H and O–H groups in total. The molecule has 0 unspecified atom stereocenters. The highest BCUT2D eigenvalue weighted by atomic mass is 32.2. The van der Waals surface area contributed by atoms with Crippen LogP contribution in [0.5, 0.6) is 0 Å². The molecule has 0 aromatic heterocycles. The van der Waals surface area contributed by atoms with Crippen molar-refractivity contribution in [1.82, 2.24) is 0 Å². The van der Waals surface area contributed by atoms with Gasteiger partial charge in [0.05, 0.1) is 18.1 Å². The van der Waals surface area contributed by atoms with Crippen LogP contribution >= 0.6 is 0 Å². The van der Waals surface area contributed by atoms with Crippen molar-refractivity contribution in [1.29, 1.82) is 0 Å². The van der Waals surface area contributed by atoms with E-state index in [-0.39, 0.29) is 10.5 Å². The second-order valence-electron chi connectivity index (χ2n) is 5.21. The summed E-state index contributed by atoms with van der Waals surface area (Å²) in [6.07, 6.45) is -0.402. The molecular formula is C16H16FNO4S. The van der Waals surface area contributed by atoms with Crippen LogP contribution in [0.1, 0.15) is 17.4 Å². The molecule has 2 aromatic carbocycles. The van der Waals surface area contributed by atoms with E-state index in [9.17, 15) is 12.8 Å². The number of ether oxygens (including phenoxy) is 2. The van der Waals surface area contributed by atoms with Crippen LogP contribution in [0.25, 0.3) is 0 Å². The van der Waals surface area contributed by atoms with E-state index in [0.29, 0.717) is 18.9 Å². The number of benzene rings is 2.